The van der Waals surface area contributed by atoms with Crippen molar-refractivity contribution in [3.63, 3.8) is 0 Å². The van der Waals surface area contributed by atoms with E-state index in [0.29, 0.717) is 17.8 Å². The SMILES string of the molecule is NC(=O)Nc1ccccc1NNC=O. The van der Waals surface area contributed by atoms with E-state index in [1.807, 2.05) is 0 Å². The Hall–Kier alpha value is -2.24. The number of nitrogens with one attached hydrogen (secondary N) is 3. The molecule has 0 spiro atoms. The molecule has 0 radical (unpaired) electrons. The number of hydrazine groups is 1. The number of rotatable bonds is 4. The van der Waals surface area contributed by atoms with E-state index >= 15 is 0 Å². The van der Waals surface area contributed by atoms with Gasteiger partial charge in [0.1, 0.15) is 0 Å². The number of urea groups is 1. The van der Waals surface area contributed by atoms with Crippen LogP contribution in [0.25, 0.3) is 0 Å². The average Bonchev–Trinajstić information content (AvgIpc) is 2.16. The molecule has 0 saturated carbocycles. The molecule has 0 aliphatic carbocycles. The first-order chi connectivity index (χ1) is 6.74. The summed E-state index contributed by atoms with van der Waals surface area (Å²) in [6.45, 7) is 0. The predicted octanol–water partition coefficient (Wildman–Crippen LogP) is 0.250. The number of hydrogen-bond acceptors (Lipinski definition) is 3. The second-order valence-corrected chi connectivity index (χ2v) is 2.42. The summed E-state index contributed by atoms with van der Waals surface area (Å²) in [4.78, 5) is 20.6. The van der Waals surface area contributed by atoms with Crippen LogP contribution in [0.15, 0.2) is 24.3 Å². The molecule has 1 rings (SSSR count). The summed E-state index contributed by atoms with van der Waals surface area (Å²) in [5.41, 5.74) is 10.8. The highest BCUT2D eigenvalue weighted by Crippen LogP contribution is 2.19. The molecule has 0 heterocycles. The molecule has 0 unspecified atom stereocenters. The van der Waals surface area contributed by atoms with Crippen LogP contribution in [-0.4, -0.2) is 12.4 Å². The van der Waals surface area contributed by atoms with Crippen molar-refractivity contribution in [1.29, 1.82) is 0 Å². The number of carbonyl (C=O) groups excluding carboxylic acids is 2. The van der Waals surface area contributed by atoms with Crippen molar-refractivity contribution in [2.45, 2.75) is 0 Å². The molecule has 6 nitrogen and oxygen atoms in total. The van der Waals surface area contributed by atoms with Gasteiger partial charge in [-0.25, -0.2) is 4.79 Å². The number of amides is 3. The van der Waals surface area contributed by atoms with E-state index in [0.717, 1.165) is 0 Å². The maximum atomic E-state index is 10.6. The van der Waals surface area contributed by atoms with E-state index in [1.165, 1.54) is 0 Å². The summed E-state index contributed by atoms with van der Waals surface area (Å²) < 4.78 is 0. The van der Waals surface area contributed by atoms with Crippen LogP contribution in [0, 0.1) is 0 Å². The van der Waals surface area contributed by atoms with Crippen LogP contribution in [0.5, 0.6) is 0 Å². The Bertz CT molecular complexity index is 340. The zero-order valence-corrected chi connectivity index (χ0v) is 7.28. The molecule has 1 aromatic carbocycles. The summed E-state index contributed by atoms with van der Waals surface area (Å²) in [5, 5.41) is 2.40. The molecule has 6 heteroatoms. The predicted molar refractivity (Wildman–Crippen MR) is 52.5 cm³/mol. The van der Waals surface area contributed by atoms with E-state index in [2.05, 4.69) is 16.2 Å². The van der Waals surface area contributed by atoms with Gasteiger partial charge in [-0.15, -0.1) is 0 Å². The lowest BCUT2D eigenvalue weighted by atomic mass is 10.3. The second-order valence-electron chi connectivity index (χ2n) is 2.42. The highest BCUT2D eigenvalue weighted by Gasteiger charge is 2.01. The lowest BCUT2D eigenvalue weighted by molar-refractivity contribution is -0.109. The molecule has 0 fully saturated rings. The Morgan fingerprint density at radius 2 is 1.93 bits per heavy atom. The molecule has 0 bridgehead atoms. The normalized spacial score (nSPS) is 8.86. The topological polar surface area (TPSA) is 96.2 Å². The van der Waals surface area contributed by atoms with Crippen LogP contribution < -0.4 is 21.9 Å². The molecule has 0 aliphatic rings. The van der Waals surface area contributed by atoms with Crippen LogP contribution in [0.2, 0.25) is 0 Å². The molecule has 5 N–H and O–H groups in total. The molecule has 3 amide bonds. The van der Waals surface area contributed by atoms with E-state index in [4.69, 9.17) is 5.73 Å². The molecular formula is C8H10N4O2. The third-order valence-corrected chi connectivity index (χ3v) is 1.45. The summed E-state index contributed by atoms with van der Waals surface area (Å²) in [6, 6.07) is 6.16. The zero-order valence-electron chi connectivity index (χ0n) is 7.28. The van der Waals surface area contributed by atoms with Crippen molar-refractivity contribution >= 4 is 23.8 Å². The molecule has 0 atom stereocenters. The van der Waals surface area contributed by atoms with Crippen molar-refractivity contribution in [1.82, 2.24) is 5.43 Å². The van der Waals surface area contributed by atoms with E-state index < -0.39 is 6.03 Å². The first-order valence-corrected chi connectivity index (χ1v) is 3.84. The Labute approximate surface area is 80.4 Å². The number of anilines is 2. The molecule has 1 aromatic rings. The molecule has 0 aliphatic heterocycles. The van der Waals surface area contributed by atoms with Gasteiger partial charge in [0.2, 0.25) is 6.41 Å². The molecule has 0 aromatic heterocycles. The highest BCUT2D eigenvalue weighted by molar-refractivity contribution is 5.91. The fraction of sp³-hybridized carbons (Fsp3) is 0. The van der Waals surface area contributed by atoms with Gasteiger partial charge >= 0.3 is 6.03 Å². The van der Waals surface area contributed by atoms with Gasteiger partial charge in [-0.2, -0.15) is 0 Å². The van der Waals surface area contributed by atoms with Crippen molar-refractivity contribution < 1.29 is 9.59 Å². The van der Waals surface area contributed by atoms with Crippen LogP contribution >= 0.6 is 0 Å². The van der Waals surface area contributed by atoms with Crippen LogP contribution in [0.3, 0.4) is 0 Å². The van der Waals surface area contributed by atoms with Gasteiger partial charge in [-0.3, -0.25) is 15.6 Å². The van der Waals surface area contributed by atoms with Crippen molar-refractivity contribution in [2.75, 3.05) is 10.7 Å². The summed E-state index contributed by atoms with van der Waals surface area (Å²) in [5.74, 6) is 0. The maximum Gasteiger partial charge on any atom is 0.316 e. The Morgan fingerprint density at radius 1 is 1.29 bits per heavy atom. The highest BCUT2D eigenvalue weighted by atomic mass is 16.2. The zero-order chi connectivity index (χ0) is 10.4. The minimum Gasteiger partial charge on any atom is -0.351 e. The molecule has 14 heavy (non-hydrogen) atoms. The van der Waals surface area contributed by atoms with Gasteiger partial charge < -0.3 is 11.1 Å². The Kier molecular flexibility index (Phi) is 3.31. The van der Waals surface area contributed by atoms with Gasteiger partial charge in [0.25, 0.3) is 0 Å². The molecular weight excluding hydrogens is 184 g/mol. The summed E-state index contributed by atoms with van der Waals surface area (Å²) >= 11 is 0. The second kappa shape index (κ2) is 4.70. The lowest BCUT2D eigenvalue weighted by Crippen LogP contribution is -2.23. The van der Waals surface area contributed by atoms with Gasteiger partial charge in [0, 0.05) is 0 Å². The Balaban J connectivity index is 2.79. The number of benzene rings is 1. The van der Waals surface area contributed by atoms with Gasteiger partial charge in [-0.1, -0.05) is 12.1 Å². The summed E-state index contributed by atoms with van der Waals surface area (Å²) in [7, 11) is 0. The van der Waals surface area contributed by atoms with Gasteiger partial charge in [-0.05, 0) is 12.1 Å². The number of primary amides is 1. The smallest absolute Gasteiger partial charge is 0.316 e. The van der Waals surface area contributed by atoms with E-state index in [9.17, 15) is 9.59 Å². The van der Waals surface area contributed by atoms with Gasteiger partial charge in [0.05, 0.1) is 11.4 Å². The first-order valence-electron chi connectivity index (χ1n) is 3.84. The third kappa shape index (κ3) is 2.67. The number of nitrogens with two attached hydrogens (primary N) is 1. The van der Waals surface area contributed by atoms with Crippen LogP contribution in [0.1, 0.15) is 0 Å². The number of para-hydroxylation sites is 2. The van der Waals surface area contributed by atoms with Gasteiger partial charge in [0.15, 0.2) is 0 Å². The van der Waals surface area contributed by atoms with E-state index in [-0.39, 0.29) is 0 Å². The monoisotopic (exact) mass is 194 g/mol. The molecule has 74 valence electrons. The van der Waals surface area contributed by atoms with Crippen LogP contribution in [0.4, 0.5) is 16.2 Å². The van der Waals surface area contributed by atoms with Crippen molar-refractivity contribution in [2.24, 2.45) is 5.73 Å². The third-order valence-electron chi connectivity index (χ3n) is 1.45. The number of carbonyl (C=O) groups is 2. The minimum atomic E-state index is -0.662. The van der Waals surface area contributed by atoms with Crippen LogP contribution in [-0.2, 0) is 4.79 Å². The lowest BCUT2D eigenvalue weighted by Gasteiger charge is -2.09. The Morgan fingerprint density at radius 3 is 2.50 bits per heavy atom. The fourth-order valence-corrected chi connectivity index (χ4v) is 0.941. The molecule has 0 saturated heterocycles. The average molecular weight is 194 g/mol. The van der Waals surface area contributed by atoms with E-state index in [1.54, 1.807) is 24.3 Å². The van der Waals surface area contributed by atoms with Crippen molar-refractivity contribution in [3.8, 4) is 0 Å². The maximum absolute atomic E-state index is 10.6. The summed E-state index contributed by atoms with van der Waals surface area (Å²) in [6.07, 6.45) is 0.487. The van der Waals surface area contributed by atoms with Crippen molar-refractivity contribution in [3.05, 3.63) is 24.3 Å². The number of hydrogen-bond donors (Lipinski definition) is 4. The largest absolute Gasteiger partial charge is 0.351 e. The minimum absolute atomic E-state index is 0.487. The fourth-order valence-electron chi connectivity index (χ4n) is 0.941. The quantitative estimate of drug-likeness (QED) is 0.408. The standard InChI is InChI=1S/C8H10N4O2/c9-8(14)11-6-3-1-2-4-7(6)12-10-5-13/h1-5,12H,(H,10,13)(H3,9,11,14). The first kappa shape index (κ1) is 9.85.